The number of aromatic nitrogens is 4. The van der Waals surface area contributed by atoms with Crippen LogP contribution in [0.15, 0.2) is 24.8 Å². The molecule has 19 heteroatoms. The minimum absolute atomic E-state index is 0.167. The number of nitrogens with one attached hydrogen (secondary N) is 1. The molecule has 0 unspecified atom stereocenters. The Morgan fingerprint density at radius 3 is 1.50 bits per heavy atom. The number of carbonyl (C=O) groups excluding carboxylic acids is 2. The van der Waals surface area contributed by atoms with Crippen molar-refractivity contribution in [3.63, 3.8) is 0 Å². The van der Waals surface area contributed by atoms with E-state index in [1.807, 2.05) is 0 Å². The lowest BCUT2D eigenvalue weighted by Crippen LogP contribution is -2.50. The fourth-order valence-electron chi connectivity index (χ4n) is 4.71. The normalized spacial score (nSPS) is 11.3. The highest BCUT2D eigenvalue weighted by molar-refractivity contribution is 5.85. The molecule has 2 rings (SSSR count). The number of rotatable bonds is 22. The van der Waals surface area contributed by atoms with Crippen molar-refractivity contribution >= 4 is 41.7 Å². The van der Waals surface area contributed by atoms with E-state index in [1.165, 1.54) is 33.9 Å². The second-order valence-electron chi connectivity index (χ2n) is 10.7. The summed E-state index contributed by atoms with van der Waals surface area (Å²) in [5, 5.41) is 48.3. The van der Waals surface area contributed by atoms with E-state index in [1.54, 1.807) is 11.9 Å². The molecule has 0 saturated heterocycles. The predicted molar refractivity (Wildman–Crippen MR) is 153 cm³/mol. The summed E-state index contributed by atoms with van der Waals surface area (Å²) in [5.74, 6) is -6.81. The molecule has 0 aliphatic rings. The number of imidazole rings is 2. The molecular formula is C27H37N7O12. The fraction of sp³-hybridized carbons (Fsp3) is 0.519. The van der Waals surface area contributed by atoms with E-state index in [9.17, 15) is 48.9 Å². The molecule has 0 aromatic carbocycles. The van der Waals surface area contributed by atoms with Gasteiger partial charge in [0, 0.05) is 49.6 Å². The molecule has 0 atom stereocenters. The Labute approximate surface area is 262 Å². The monoisotopic (exact) mass is 651 g/mol. The van der Waals surface area contributed by atoms with Crippen LogP contribution in [0.2, 0.25) is 0 Å². The van der Waals surface area contributed by atoms with E-state index < -0.39 is 79.6 Å². The Morgan fingerprint density at radius 2 is 1.11 bits per heavy atom. The summed E-state index contributed by atoms with van der Waals surface area (Å²) in [6.45, 7) is -1.88. The van der Waals surface area contributed by atoms with Gasteiger partial charge in [-0.25, -0.2) is 9.97 Å². The van der Waals surface area contributed by atoms with E-state index >= 15 is 0 Å². The SMILES string of the molecule is CN(Cc1nccn1CC(=O)NC(CCC(=O)O)(CCC(=O)O)CCC(=O)O)Cc1nccn1CC(=O)N(CC(=O)O)CC(=O)O. The maximum absolute atomic E-state index is 13.2. The largest absolute Gasteiger partial charge is 0.481 e. The van der Waals surface area contributed by atoms with Gasteiger partial charge in [0.25, 0.3) is 0 Å². The molecule has 2 aromatic heterocycles. The topological polar surface area (TPSA) is 275 Å². The first-order valence-electron chi connectivity index (χ1n) is 14.0. The first-order valence-corrected chi connectivity index (χ1v) is 14.0. The van der Waals surface area contributed by atoms with Crippen LogP contribution in [0.25, 0.3) is 0 Å². The van der Waals surface area contributed by atoms with Gasteiger partial charge in [0.2, 0.25) is 11.8 Å². The average molecular weight is 652 g/mol. The summed E-state index contributed by atoms with van der Waals surface area (Å²) in [6, 6.07) is 0. The van der Waals surface area contributed by atoms with Gasteiger partial charge in [0.05, 0.1) is 13.1 Å². The number of carbonyl (C=O) groups is 7. The molecule has 0 radical (unpaired) electrons. The van der Waals surface area contributed by atoms with E-state index in [2.05, 4.69) is 15.3 Å². The summed E-state index contributed by atoms with van der Waals surface area (Å²) in [5.41, 5.74) is -1.39. The van der Waals surface area contributed by atoms with E-state index in [0.29, 0.717) is 16.5 Å². The molecule has 46 heavy (non-hydrogen) atoms. The van der Waals surface area contributed by atoms with Crippen molar-refractivity contribution in [1.29, 1.82) is 0 Å². The number of nitrogens with zero attached hydrogens (tertiary/aromatic N) is 6. The lowest BCUT2D eigenvalue weighted by atomic mass is 9.83. The van der Waals surface area contributed by atoms with E-state index in [4.69, 9.17) is 10.2 Å². The lowest BCUT2D eigenvalue weighted by molar-refractivity contribution is -0.149. The number of aliphatic carboxylic acids is 5. The second-order valence-corrected chi connectivity index (χ2v) is 10.7. The molecule has 0 aliphatic carbocycles. The predicted octanol–water partition coefficient (Wildman–Crippen LogP) is -0.841. The Hall–Kier alpha value is -5.33. The van der Waals surface area contributed by atoms with Gasteiger partial charge in [-0.3, -0.25) is 38.5 Å². The smallest absolute Gasteiger partial charge is 0.323 e. The zero-order valence-electron chi connectivity index (χ0n) is 25.1. The molecular weight excluding hydrogens is 614 g/mol. The molecule has 2 amide bonds. The van der Waals surface area contributed by atoms with Crippen LogP contribution in [-0.4, -0.2) is 122 Å². The number of hydrogen-bond acceptors (Lipinski definition) is 10. The third kappa shape index (κ3) is 12.7. The molecule has 2 aromatic rings. The first-order chi connectivity index (χ1) is 21.6. The van der Waals surface area contributed by atoms with Crippen molar-refractivity contribution in [3.05, 3.63) is 36.4 Å². The molecule has 0 spiro atoms. The maximum atomic E-state index is 13.2. The highest BCUT2D eigenvalue weighted by Gasteiger charge is 2.34. The highest BCUT2D eigenvalue weighted by Crippen LogP contribution is 2.26. The quantitative estimate of drug-likeness (QED) is 0.0905. The van der Waals surface area contributed by atoms with Gasteiger partial charge in [-0.1, -0.05) is 0 Å². The second kappa shape index (κ2) is 17.2. The summed E-state index contributed by atoms with van der Waals surface area (Å²) in [7, 11) is 1.70. The number of carboxylic acid groups (broad SMARTS) is 5. The number of carboxylic acids is 5. The first kappa shape index (κ1) is 36.9. The van der Waals surface area contributed by atoms with Gasteiger partial charge in [-0.15, -0.1) is 0 Å². The van der Waals surface area contributed by atoms with Gasteiger partial charge in [-0.2, -0.15) is 0 Å². The number of hydrogen-bond donors (Lipinski definition) is 6. The Morgan fingerprint density at radius 1 is 0.696 bits per heavy atom. The molecule has 6 N–H and O–H groups in total. The molecule has 0 saturated carbocycles. The van der Waals surface area contributed by atoms with Crippen LogP contribution in [0, 0.1) is 0 Å². The van der Waals surface area contributed by atoms with Crippen molar-refractivity contribution in [2.75, 3.05) is 20.1 Å². The Balaban J connectivity index is 2.12. The standard InChI is InChI=1S/C27H37N7O12/c1-31(13-19-29-9-11-33(19)15-21(36)34(16-25(43)44)17-26(45)46)12-18-28-8-10-32(18)14-20(35)30-27(5-2-22(37)38,6-3-23(39)40)7-4-24(41)42/h8-11H,2-7,12-17H2,1H3,(H,30,35)(H,37,38)(H,39,40)(H,41,42)(H,43,44)(H,45,46). The lowest BCUT2D eigenvalue weighted by Gasteiger charge is -2.34. The highest BCUT2D eigenvalue weighted by atomic mass is 16.4. The molecule has 252 valence electrons. The van der Waals surface area contributed by atoms with Gasteiger partial charge < -0.3 is 44.9 Å². The maximum Gasteiger partial charge on any atom is 0.323 e. The third-order valence-corrected chi connectivity index (χ3v) is 6.91. The third-order valence-electron chi connectivity index (χ3n) is 6.91. The van der Waals surface area contributed by atoms with Gasteiger partial charge >= 0.3 is 29.8 Å². The van der Waals surface area contributed by atoms with Crippen molar-refractivity contribution < 1.29 is 59.1 Å². The molecule has 2 heterocycles. The minimum Gasteiger partial charge on any atom is -0.481 e. The molecule has 19 nitrogen and oxygen atoms in total. The van der Waals surface area contributed by atoms with Crippen LogP contribution in [0.1, 0.15) is 50.2 Å². The molecule has 0 bridgehead atoms. The van der Waals surface area contributed by atoms with Crippen LogP contribution in [0.3, 0.4) is 0 Å². The minimum atomic E-state index is -1.39. The van der Waals surface area contributed by atoms with Crippen LogP contribution in [-0.2, 0) is 59.7 Å². The van der Waals surface area contributed by atoms with Crippen LogP contribution in [0.4, 0.5) is 0 Å². The van der Waals surface area contributed by atoms with Gasteiger partial charge in [0.1, 0.15) is 37.8 Å². The van der Waals surface area contributed by atoms with E-state index in [-0.39, 0.29) is 45.4 Å². The van der Waals surface area contributed by atoms with Crippen LogP contribution >= 0.6 is 0 Å². The van der Waals surface area contributed by atoms with Crippen molar-refractivity contribution in [3.8, 4) is 0 Å². The summed E-state index contributed by atoms with van der Waals surface area (Å²) >= 11 is 0. The zero-order valence-corrected chi connectivity index (χ0v) is 25.1. The van der Waals surface area contributed by atoms with Crippen LogP contribution < -0.4 is 5.32 Å². The fourth-order valence-corrected chi connectivity index (χ4v) is 4.71. The Kier molecular flexibility index (Phi) is 13.8. The average Bonchev–Trinajstić information content (AvgIpc) is 3.57. The Bertz CT molecular complexity index is 1360. The van der Waals surface area contributed by atoms with Gasteiger partial charge in [-0.05, 0) is 26.3 Å². The van der Waals surface area contributed by atoms with Crippen molar-refractivity contribution in [2.24, 2.45) is 0 Å². The summed E-state index contributed by atoms with van der Waals surface area (Å²) < 4.78 is 2.95. The van der Waals surface area contributed by atoms with Crippen LogP contribution in [0.5, 0.6) is 0 Å². The molecule has 0 aliphatic heterocycles. The van der Waals surface area contributed by atoms with Crippen molar-refractivity contribution in [2.45, 2.75) is 70.2 Å². The number of amides is 2. The van der Waals surface area contributed by atoms with Crippen molar-refractivity contribution in [1.82, 2.24) is 34.2 Å². The zero-order chi connectivity index (χ0) is 34.4. The van der Waals surface area contributed by atoms with E-state index in [0.717, 1.165) is 0 Å². The van der Waals surface area contributed by atoms with Gasteiger partial charge in [0.15, 0.2) is 0 Å². The molecule has 0 fully saturated rings. The summed E-state index contributed by atoms with van der Waals surface area (Å²) in [6.07, 6.45) is 4.10. The summed E-state index contributed by atoms with van der Waals surface area (Å²) in [4.78, 5) is 92.7.